The number of benzene rings is 2. The lowest BCUT2D eigenvalue weighted by atomic mass is 10.2. The minimum absolute atomic E-state index is 0.0562. The molecule has 11 heteroatoms. The van der Waals surface area contributed by atoms with E-state index >= 15 is 0 Å². The van der Waals surface area contributed by atoms with Crippen LogP contribution in [0.25, 0.3) is 11.0 Å². The molecule has 188 valence electrons. The molecule has 1 unspecified atom stereocenters. The predicted octanol–water partition coefficient (Wildman–Crippen LogP) is 3.86. The molecule has 2 aromatic carbocycles. The van der Waals surface area contributed by atoms with Crippen LogP contribution in [0.4, 0.5) is 24.8 Å². The van der Waals surface area contributed by atoms with Crippen molar-refractivity contribution in [2.24, 2.45) is 0 Å². The molecule has 0 spiro atoms. The number of anilines is 2. The zero-order valence-corrected chi connectivity index (χ0v) is 19.2. The molecule has 2 aliphatic rings. The van der Waals surface area contributed by atoms with Crippen LogP contribution in [-0.4, -0.2) is 79.8 Å². The molecule has 2 aliphatic heterocycles. The summed E-state index contributed by atoms with van der Waals surface area (Å²) in [5.41, 5.74) is 2.93. The molecule has 2 fully saturated rings. The van der Waals surface area contributed by atoms with Crippen molar-refractivity contribution in [3.63, 3.8) is 0 Å². The number of rotatable bonds is 8. The Morgan fingerprint density at radius 1 is 1.06 bits per heavy atom. The van der Waals surface area contributed by atoms with Gasteiger partial charge in [-0.2, -0.15) is 0 Å². The second kappa shape index (κ2) is 10.2. The minimum Gasteiger partial charge on any atom is -0.489 e. The molecule has 0 bridgehead atoms. The van der Waals surface area contributed by atoms with Gasteiger partial charge in [0.15, 0.2) is 0 Å². The van der Waals surface area contributed by atoms with Gasteiger partial charge >= 0.3 is 6.36 Å². The van der Waals surface area contributed by atoms with Gasteiger partial charge in [-0.15, -0.1) is 13.2 Å². The molecule has 1 atom stereocenters. The fourth-order valence-electron chi connectivity index (χ4n) is 4.41. The van der Waals surface area contributed by atoms with Gasteiger partial charge in [0, 0.05) is 44.8 Å². The first-order valence-corrected chi connectivity index (χ1v) is 11.7. The highest BCUT2D eigenvalue weighted by molar-refractivity contribution is 5.81. The SMILES string of the molecule is FC(F)(F)Oc1ccc(OC2CCN(c3ccc4nc(NCCN5CCOCC5)[nH]c4c3)C2)cc1. The van der Waals surface area contributed by atoms with Crippen molar-refractivity contribution in [3.8, 4) is 11.5 Å². The van der Waals surface area contributed by atoms with Crippen LogP contribution in [0.5, 0.6) is 11.5 Å². The van der Waals surface area contributed by atoms with Gasteiger partial charge in [0.2, 0.25) is 5.95 Å². The average Bonchev–Trinajstić information content (AvgIpc) is 3.46. The Balaban J connectivity index is 1.14. The molecule has 0 amide bonds. The maximum absolute atomic E-state index is 12.3. The molecular weight excluding hydrogens is 463 g/mol. The quantitative estimate of drug-likeness (QED) is 0.496. The topological polar surface area (TPSA) is 74.9 Å². The first-order chi connectivity index (χ1) is 16.9. The van der Waals surface area contributed by atoms with Gasteiger partial charge in [-0.25, -0.2) is 4.98 Å². The van der Waals surface area contributed by atoms with Gasteiger partial charge in [-0.05, 0) is 42.5 Å². The molecule has 35 heavy (non-hydrogen) atoms. The van der Waals surface area contributed by atoms with E-state index in [1.165, 1.54) is 24.3 Å². The molecule has 8 nitrogen and oxygen atoms in total. The summed E-state index contributed by atoms with van der Waals surface area (Å²) in [5, 5.41) is 3.37. The lowest BCUT2D eigenvalue weighted by molar-refractivity contribution is -0.274. The van der Waals surface area contributed by atoms with Crippen molar-refractivity contribution in [2.45, 2.75) is 18.9 Å². The third-order valence-electron chi connectivity index (χ3n) is 6.16. The Hall–Kier alpha value is -3.18. The molecule has 0 radical (unpaired) electrons. The van der Waals surface area contributed by atoms with Crippen molar-refractivity contribution in [1.82, 2.24) is 14.9 Å². The largest absolute Gasteiger partial charge is 0.573 e. The maximum Gasteiger partial charge on any atom is 0.573 e. The summed E-state index contributed by atoms with van der Waals surface area (Å²) in [5.74, 6) is 1.01. The summed E-state index contributed by atoms with van der Waals surface area (Å²) in [4.78, 5) is 12.6. The Kier molecular flexibility index (Phi) is 6.87. The zero-order chi connectivity index (χ0) is 24.3. The van der Waals surface area contributed by atoms with E-state index in [1.54, 1.807) is 0 Å². The lowest BCUT2D eigenvalue weighted by Crippen LogP contribution is -2.39. The average molecular weight is 492 g/mol. The summed E-state index contributed by atoms with van der Waals surface area (Å²) in [6, 6.07) is 11.6. The number of fused-ring (bicyclic) bond motifs is 1. The van der Waals surface area contributed by atoms with Crippen LogP contribution in [0.15, 0.2) is 42.5 Å². The van der Waals surface area contributed by atoms with Crippen molar-refractivity contribution in [1.29, 1.82) is 0 Å². The predicted molar refractivity (Wildman–Crippen MR) is 126 cm³/mol. The number of halogens is 3. The monoisotopic (exact) mass is 491 g/mol. The van der Waals surface area contributed by atoms with E-state index < -0.39 is 6.36 Å². The van der Waals surface area contributed by atoms with Gasteiger partial charge in [-0.1, -0.05) is 0 Å². The van der Waals surface area contributed by atoms with Gasteiger partial charge in [-0.3, -0.25) is 4.90 Å². The van der Waals surface area contributed by atoms with E-state index in [2.05, 4.69) is 35.9 Å². The van der Waals surface area contributed by atoms with Crippen LogP contribution < -0.4 is 19.7 Å². The number of aromatic amines is 1. The number of alkyl halides is 3. The highest BCUT2D eigenvalue weighted by Crippen LogP contribution is 2.29. The summed E-state index contributed by atoms with van der Waals surface area (Å²) < 4.78 is 52.2. The van der Waals surface area contributed by atoms with Crippen LogP contribution >= 0.6 is 0 Å². The molecule has 2 saturated heterocycles. The molecule has 3 heterocycles. The number of morpholine rings is 1. The molecule has 5 rings (SSSR count). The molecule has 2 N–H and O–H groups in total. The van der Waals surface area contributed by atoms with Gasteiger partial charge < -0.3 is 29.4 Å². The van der Waals surface area contributed by atoms with Crippen LogP contribution in [0.3, 0.4) is 0 Å². The van der Waals surface area contributed by atoms with E-state index in [0.29, 0.717) is 12.3 Å². The van der Waals surface area contributed by atoms with Crippen LogP contribution in [-0.2, 0) is 4.74 Å². The lowest BCUT2D eigenvalue weighted by Gasteiger charge is -2.26. The number of H-pyrrole nitrogens is 1. The second-order valence-electron chi connectivity index (χ2n) is 8.66. The minimum atomic E-state index is -4.70. The van der Waals surface area contributed by atoms with E-state index in [4.69, 9.17) is 9.47 Å². The van der Waals surface area contributed by atoms with E-state index in [-0.39, 0.29) is 11.9 Å². The molecule has 0 saturated carbocycles. The zero-order valence-electron chi connectivity index (χ0n) is 19.2. The standard InChI is InChI=1S/C24H28F3N5O3/c25-24(26,27)35-19-4-2-18(3-5-19)34-20-7-9-32(16-20)17-1-6-21-22(15-17)30-23(29-21)28-8-10-31-11-13-33-14-12-31/h1-6,15,20H,7-14,16H2,(H2,28,29,30). The van der Waals surface area contributed by atoms with Crippen LogP contribution in [0, 0.1) is 0 Å². The third kappa shape index (κ3) is 6.29. The number of imidazole rings is 1. The molecular formula is C24H28F3N5O3. The van der Waals surface area contributed by atoms with Gasteiger partial charge in [0.05, 0.1) is 30.8 Å². The number of aromatic nitrogens is 2. The summed E-state index contributed by atoms with van der Waals surface area (Å²) in [7, 11) is 0. The summed E-state index contributed by atoms with van der Waals surface area (Å²) >= 11 is 0. The first kappa shape index (κ1) is 23.6. The molecule has 0 aliphatic carbocycles. The third-order valence-corrected chi connectivity index (χ3v) is 6.16. The first-order valence-electron chi connectivity index (χ1n) is 11.7. The van der Waals surface area contributed by atoms with Crippen molar-refractivity contribution in [3.05, 3.63) is 42.5 Å². The van der Waals surface area contributed by atoms with Gasteiger partial charge in [0.25, 0.3) is 0 Å². The fraction of sp³-hybridized carbons (Fsp3) is 0.458. The van der Waals surface area contributed by atoms with Crippen molar-refractivity contribution >= 4 is 22.7 Å². The summed E-state index contributed by atoms with van der Waals surface area (Å²) in [6.07, 6.45) is -3.95. The molecule has 1 aromatic heterocycles. The second-order valence-corrected chi connectivity index (χ2v) is 8.66. The Morgan fingerprint density at radius 2 is 1.83 bits per heavy atom. The molecule has 3 aromatic rings. The van der Waals surface area contributed by atoms with Gasteiger partial charge in [0.1, 0.15) is 17.6 Å². The highest BCUT2D eigenvalue weighted by atomic mass is 19.4. The van der Waals surface area contributed by atoms with E-state index in [9.17, 15) is 13.2 Å². The Morgan fingerprint density at radius 3 is 2.60 bits per heavy atom. The smallest absolute Gasteiger partial charge is 0.489 e. The number of ether oxygens (including phenoxy) is 3. The summed E-state index contributed by atoms with van der Waals surface area (Å²) in [6.45, 7) is 6.76. The van der Waals surface area contributed by atoms with Crippen molar-refractivity contribution in [2.75, 3.05) is 62.7 Å². The number of hydrogen-bond donors (Lipinski definition) is 2. The van der Waals surface area contributed by atoms with Crippen LogP contribution in [0.1, 0.15) is 6.42 Å². The fourth-order valence-corrected chi connectivity index (χ4v) is 4.41. The maximum atomic E-state index is 12.3. The van der Waals surface area contributed by atoms with Crippen LogP contribution in [0.2, 0.25) is 0 Å². The highest BCUT2D eigenvalue weighted by Gasteiger charge is 2.31. The van der Waals surface area contributed by atoms with E-state index in [0.717, 1.165) is 75.0 Å². The Labute approximate surface area is 201 Å². The Bertz CT molecular complexity index is 1120. The number of nitrogens with zero attached hydrogens (tertiary/aromatic N) is 3. The number of hydrogen-bond acceptors (Lipinski definition) is 7. The van der Waals surface area contributed by atoms with E-state index in [1.807, 2.05) is 12.1 Å². The number of nitrogens with one attached hydrogen (secondary N) is 2. The normalized spacial score (nSPS) is 19.3. The van der Waals surface area contributed by atoms with Crippen molar-refractivity contribution < 1.29 is 27.4 Å².